The van der Waals surface area contributed by atoms with Gasteiger partial charge in [0.15, 0.2) is 0 Å². The van der Waals surface area contributed by atoms with Crippen LogP contribution in [-0.2, 0) is 0 Å². The van der Waals surface area contributed by atoms with Crippen LogP contribution in [0.25, 0.3) is 0 Å². The molecule has 0 heterocycles. The van der Waals surface area contributed by atoms with Crippen molar-refractivity contribution in [3.63, 3.8) is 0 Å². The van der Waals surface area contributed by atoms with Crippen LogP contribution in [0.5, 0.6) is 0 Å². The van der Waals surface area contributed by atoms with Crippen molar-refractivity contribution in [1.82, 2.24) is 5.32 Å². The fourth-order valence-corrected chi connectivity index (χ4v) is 1.75. The fourth-order valence-electron chi connectivity index (χ4n) is 1.75. The minimum atomic E-state index is 0.821. The Morgan fingerprint density at radius 2 is 1.88 bits per heavy atom. The van der Waals surface area contributed by atoms with Gasteiger partial charge in [-0.15, -0.1) is 0 Å². The maximum atomic E-state index is 3.82. The Kier molecular flexibility index (Phi) is 9.99. The average Bonchev–Trinajstić information content (AvgIpc) is 2.30. The van der Waals surface area contributed by atoms with Gasteiger partial charge in [-0.05, 0) is 44.4 Å². The van der Waals surface area contributed by atoms with Crippen molar-refractivity contribution in [3.05, 3.63) is 24.4 Å². The number of allylic oxidation sites excluding steroid dienone is 3. The summed E-state index contributed by atoms with van der Waals surface area (Å²) in [5.41, 5.74) is 1.07. The summed E-state index contributed by atoms with van der Waals surface area (Å²) in [6, 6.07) is 0. The minimum absolute atomic E-state index is 0.821. The molecule has 0 aliphatic heterocycles. The highest BCUT2D eigenvalue weighted by atomic mass is 14.9. The van der Waals surface area contributed by atoms with Crippen molar-refractivity contribution in [3.8, 4) is 0 Å². The van der Waals surface area contributed by atoms with Crippen LogP contribution in [0.4, 0.5) is 0 Å². The molecule has 0 bridgehead atoms. The number of hydrogen-bond acceptors (Lipinski definition) is 1. The van der Waals surface area contributed by atoms with E-state index in [1.165, 1.54) is 32.1 Å². The zero-order valence-corrected chi connectivity index (χ0v) is 12.3. The molecular formula is C16H31N. The first-order valence-electron chi connectivity index (χ1n) is 7.12. The van der Waals surface area contributed by atoms with E-state index in [-0.39, 0.29) is 0 Å². The first-order valence-corrected chi connectivity index (χ1v) is 7.12. The highest BCUT2D eigenvalue weighted by molar-refractivity contribution is 4.85. The van der Waals surface area contributed by atoms with Crippen molar-refractivity contribution in [2.24, 2.45) is 11.8 Å². The molecule has 0 amide bonds. The van der Waals surface area contributed by atoms with Crippen LogP contribution in [0.15, 0.2) is 24.4 Å². The van der Waals surface area contributed by atoms with Crippen LogP contribution < -0.4 is 5.32 Å². The summed E-state index contributed by atoms with van der Waals surface area (Å²) in [6.45, 7) is 13.9. The second-order valence-electron chi connectivity index (χ2n) is 5.27. The molecule has 0 aliphatic rings. The monoisotopic (exact) mass is 237 g/mol. The molecular weight excluding hydrogens is 206 g/mol. The van der Waals surface area contributed by atoms with Crippen LogP contribution in [0, 0.1) is 11.8 Å². The van der Waals surface area contributed by atoms with Gasteiger partial charge >= 0.3 is 0 Å². The van der Waals surface area contributed by atoms with Crippen molar-refractivity contribution in [2.45, 2.75) is 59.8 Å². The molecule has 0 saturated carbocycles. The van der Waals surface area contributed by atoms with Crippen LogP contribution in [0.1, 0.15) is 59.8 Å². The lowest BCUT2D eigenvalue weighted by molar-refractivity contribution is 0.380. The van der Waals surface area contributed by atoms with E-state index < -0.39 is 0 Å². The number of rotatable bonds is 10. The average molecular weight is 237 g/mol. The van der Waals surface area contributed by atoms with Gasteiger partial charge in [0.1, 0.15) is 0 Å². The summed E-state index contributed by atoms with van der Waals surface area (Å²) in [4.78, 5) is 0. The molecule has 0 fully saturated rings. The summed E-state index contributed by atoms with van der Waals surface area (Å²) in [7, 11) is 0. The molecule has 0 saturated heterocycles. The first kappa shape index (κ1) is 16.3. The Bertz CT molecular complexity index is 218. The third-order valence-corrected chi connectivity index (χ3v) is 3.51. The van der Waals surface area contributed by atoms with Gasteiger partial charge in [-0.25, -0.2) is 0 Å². The predicted molar refractivity (Wildman–Crippen MR) is 79.0 cm³/mol. The second kappa shape index (κ2) is 10.4. The van der Waals surface area contributed by atoms with Gasteiger partial charge in [0, 0.05) is 12.2 Å². The third-order valence-electron chi connectivity index (χ3n) is 3.51. The van der Waals surface area contributed by atoms with Gasteiger partial charge in [-0.2, -0.15) is 0 Å². The summed E-state index contributed by atoms with van der Waals surface area (Å²) in [6.07, 6.45) is 11.0. The quantitative estimate of drug-likeness (QED) is 0.420. The van der Waals surface area contributed by atoms with Crippen molar-refractivity contribution >= 4 is 0 Å². The lowest BCUT2D eigenvalue weighted by Gasteiger charge is -2.15. The molecule has 0 aromatic carbocycles. The SMILES string of the molecule is C=C(C)NCCCC/C=C/CC(C)C(C)CC. The highest BCUT2D eigenvalue weighted by Gasteiger charge is 2.07. The van der Waals surface area contributed by atoms with Gasteiger partial charge < -0.3 is 5.32 Å². The summed E-state index contributed by atoms with van der Waals surface area (Å²) >= 11 is 0. The minimum Gasteiger partial charge on any atom is -0.389 e. The zero-order chi connectivity index (χ0) is 13.1. The lowest BCUT2D eigenvalue weighted by Crippen LogP contribution is -2.11. The lowest BCUT2D eigenvalue weighted by atomic mass is 9.91. The van der Waals surface area contributed by atoms with Crippen molar-refractivity contribution < 1.29 is 0 Å². The zero-order valence-electron chi connectivity index (χ0n) is 12.3. The van der Waals surface area contributed by atoms with E-state index in [4.69, 9.17) is 0 Å². The first-order chi connectivity index (χ1) is 8.07. The molecule has 0 aliphatic carbocycles. The highest BCUT2D eigenvalue weighted by Crippen LogP contribution is 2.18. The molecule has 17 heavy (non-hydrogen) atoms. The Morgan fingerprint density at radius 3 is 2.47 bits per heavy atom. The molecule has 2 unspecified atom stereocenters. The van der Waals surface area contributed by atoms with Gasteiger partial charge in [-0.1, -0.05) is 45.9 Å². The van der Waals surface area contributed by atoms with E-state index in [0.29, 0.717) is 0 Å². The second-order valence-corrected chi connectivity index (χ2v) is 5.27. The topological polar surface area (TPSA) is 12.0 Å². The van der Waals surface area contributed by atoms with Crippen molar-refractivity contribution in [1.29, 1.82) is 0 Å². The molecule has 0 aromatic rings. The van der Waals surface area contributed by atoms with Gasteiger partial charge in [0.2, 0.25) is 0 Å². The summed E-state index contributed by atoms with van der Waals surface area (Å²) in [5, 5.41) is 3.26. The van der Waals surface area contributed by atoms with E-state index in [1.807, 2.05) is 6.92 Å². The normalized spacial score (nSPS) is 14.8. The molecule has 0 spiro atoms. The van der Waals surface area contributed by atoms with E-state index in [0.717, 1.165) is 24.1 Å². The molecule has 2 atom stereocenters. The van der Waals surface area contributed by atoms with E-state index >= 15 is 0 Å². The van der Waals surface area contributed by atoms with Crippen LogP contribution in [0.2, 0.25) is 0 Å². The number of nitrogens with one attached hydrogen (secondary N) is 1. The molecule has 0 aromatic heterocycles. The van der Waals surface area contributed by atoms with E-state index in [2.05, 4.69) is 44.8 Å². The standard InChI is InChI=1S/C16H31N/c1-6-15(4)16(5)12-10-8-7-9-11-13-17-14(2)3/h8,10,15-17H,2,6-7,9,11-13H2,1,3-5H3/b10-8+. The number of hydrogen-bond donors (Lipinski definition) is 1. The summed E-state index contributed by atoms with van der Waals surface area (Å²) in [5.74, 6) is 1.67. The Labute approximate surface area is 108 Å². The Balaban J connectivity index is 3.39. The van der Waals surface area contributed by atoms with Crippen LogP contribution >= 0.6 is 0 Å². The van der Waals surface area contributed by atoms with Gasteiger partial charge in [0.05, 0.1) is 0 Å². The summed E-state index contributed by atoms with van der Waals surface area (Å²) < 4.78 is 0. The fraction of sp³-hybridized carbons (Fsp3) is 0.750. The van der Waals surface area contributed by atoms with Crippen LogP contribution in [-0.4, -0.2) is 6.54 Å². The molecule has 100 valence electrons. The van der Waals surface area contributed by atoms with Gasteiger partial charge in [-0.3, -0.25) is 0 Å². The molecule has 1 N–H and O–H groups in total. The maximum Gasteiger partial charge on any atom is 0.0143 e. The number of unbranched alkanes of at least 4 members (excludes halogenated alkanes) is 2. The van der Waals surface area contributed by atoms with Crippen molar-refractivity contribution in [2.75, 3.05) is 6.54 Å². The van der Waals surface area contributed by atoms with Crippen LogP contribution in [0.3, 0.4) is 0 Å². The van der Waals surface area contributed by atoms with E-state index in [1.54, 1.807) is 0 Å². The van der Waals surface area contributed by atoms with E-state index in [9.17, 15) is 0 Å². The predicted octanol–water partition coefficient (Wildman–Crippen LogP) is 4.91. The molecule has 1 heteroatoms. The molecule has 0 rings (SSSR count). The largest absolute Gasteiger partial charge is 0.389 e. The maximum absolute atomic E-state index is 3.82. The van der Waals surface area contributed by atoms with Gasteiger partial charge in [0.25, 0.3) is 0 Å². The Morgan fingerprint density at radius 1 is 1.18 bits per heavy atom. The Hall–Kier alpha value is -0.720. The smallest absolute Gasteiger partial charge is 0.0143 e. The molecule has 1 nitrogen and oxygen atoms in total. The third kappa shape index (κ3) is 10.2. The molecule has 0 radical (unpaired) electrons.